The van der Waals surface area contributed by atoms with Crippen LogP contribution in [0.1, 0.15) is 26.2 Å². The number of thiazole rings is 1. The number of benzene rings is 1. The number of sulfone groups is 1. The maximum Gasteiger partial charge on any atom is 0.266 e. The molecule has 3 aromatic rings. The first-order valence-corrected chi connectivity index (χ1v) is 16.6. The summed E-state index contributed by atoms with van der Waals surface area (Å²) in [5.74, 6) is -0.555. The molecule has 196 valence electrons. The molecule has 1 aliphatic rings. The van der Waals surface area contributed by atoms with Crippen molar-refractivity contribution in [1.82, 2.24) is 8.87 Å². The molecule has 1 unspecified atom stereocenters. The second-order valence-corrected chi connectivity index (χ2v) is 15.1. The summed E-state index contributed by atoms with van der Waals surface area (Å²) in [4.78, 5) is 18.3. The maximum atomic E-state index is 13.4. The number of carbonyl (C=O) groups excluding carboxylic acids is 1. The first-order chi connectivity index (χ1) is 17.0. The number of nitrogens with zero attached hydrogens (tertiary/aromatic N) is 3. The van der Waals surface area contributed by atoms with Gasteiger partial charge in [0.1, 0.15) is 10.3 Å². The fourth-order valence-corrected chi connectivity index (χ4v) is 9.13. The quantitative estimate of drug-likeness (QED) is 0.370. The summed E-state index contributed by atoms with van der Waals surface area (Å²) < 4.78 is 60.3. The van der Waals surface area contributed by atoms with E-state index in [-0.39, 0.29) is 15.6 Å². The van der Waals surface area contributed by atoms with Crippen LogP contribution in [0.4, 0.5) is 0 Å². The molecule has 2 aromatic heterocycles. The van der Waals surface area contributed by atoms with E-state index in [1.54, 1.807) is 16.7 Å². The van der Waals surface area contributed by atoms with Crippen LogP contribution in [0, 0.1) is 0 Å². The fourth-order valence-electron chi connectivity index (χ4n) is 4.05. The van der Waals surface area contributed by atoms with E-state index in [0.717, 1.165) is 23.1 Å². The Morgan fingerprint density at radius 2 is 1.94 bits per heavy atom. The predicted molar refractivity (Wildman–Crippen MR) is 141 cm³/mol. The first kappa shape index (κ1) is 27.4. The number of hydrogen-bond acceptors (Lipinski definition) is 8. The average Bonchev–Trinajstić information content (AvgIpc) is 3.42. The lowest BCUT2D eigenvalue weighted by Gasteiger charge is -2.31. The van der Waals surface area contributed by atoms with E-state index in [4.69, 9.17) is 16.3 Å². The molecule has 1 aromatic carbocycles. The van der Waals surface area contributed by atoms with Crippen LogP contribution in [0.5, 0.6) is 0 Å². The van der Waals surface area contributed by atoms with Crippen LogP contribution in [-0.2, 0) is 35.9 Å². The summed E-state index contributed by atoms with van der Waals surface area (Å²) in [6, 6.07) is 6.82. The van der Waals surface area contributed by atoms with Gasteiger partial charge in [0, 0.05) is 26.0 Å². The third-order valence-corrected chi connectivity index (χ3v) is 11.6. The number of fused-ring (bicyclic) bond motifs is 1. The summed E-state index contributed by atoms with van der Waals surface area (Å²) in [5.41, 5.74) is 0.722. The van der Waals surface area contributed by atoms with Gasteiger partial charge in [-0.3, -0.25) is 4.79 Å². The van der Waals surface area contributed by atoms with E-state index in [2.05, 4.69) is 4.99 Å². The number of ether oxygens (including phenoxy) is 1. The zero-order valence-corrected chi connectivity index (χ0v) is 23.7. The molecule has 3 heterocycles. The normalized spacial score (nSPS) is 18.2. The van der Waals surface area contributed by atoms with Crippen molar-refractivity contribution < 1.29 is 26.4 Å². The number of halogens is 1. The van der Waals surface area contributed by atoms with Gasteiger partial charge in [0.05, 0.1) is 26.1 Å². The van der Waals surface area contributed by atoms with E-state index in [1.165, 1.54) is 33.8 Å². The number of hydrogen-bond donors (Lipinski definition) is 0. The number of amides is 1. The number of sulfonamides is 1. The Hall–Kier alpha value is -1.61. The van der Waals surface area contributed by atoms with Gasteiger partial charge in [-0.15, -0.1) is 11.3 Å². The zero-order chi connectivity index (χ0) is 26.1. The molecule has 0 radical (unpaired) electrons. The Labute approximate surface area is 223 Å². The van der Waals surface area contributed by atoms with Gasteiger partial charge < -0.3 is 9.30 Å². The molecule has 0 spiro atoms. The first-order valence-electron chi connectivity index (χ1n) is 11.3. The Kier molecular flexibility index (Phi) is 8.39. The van der Waals surface area contributed by atoms with Crippen LogP contribution in [-0.4, -0.2) is 63.7 Å². The fraction of sp³-hybridized carbons (Fsp3) is 0.455. The number of thiophene rings is 1. The molecule has 1 aliphatic heterocycles. The number of carbonyl (C=O) groups is 1. The Morgan fingerprint density at radius 3 is 2.61 bits per heavy atom. The highest BCUT2D eigenvalue weighted by atomic mass is 35.5. The molecule has 0 N–H and O–H groups in total. The van der Waals surface area contributed by atoms with Crippen LogP contribution in [0.2, 0.25) is 4.34 Å². The molecule has 4 rings (SSSR count). The topological polar surface area (TPSA) is 115 Å². The maximum absolute atomic E-state index is 13.4. The molecular formula is C22H26ClN3O6S4. The van der Waals surface area contributed by atoms with Gasteiger partial charge in [0.25, 0.3) is 15.9 Å². The molecule has 0 aliphatic carbocycles. The Bertz CT molecular complexity index is 1560. The highest BCUT2D eigenvalue weighted by molar-refractivity contribution is 7.91. The van der Waals surface area contributed by atoms with Crippen molar-refractivity contribution >= 4 is 70.3 Å². The summed E-state index contributed by atoms with van der Waals surface area (Å²) in [6.45, 7) is 3.40. The summed E-state index contributed by atoms with van der Waals surface area (Å²) in [5, 5.41) is 0. The zero-order valence-electron chi connectivity index (χ0n) is 19.7. The molecule has 0 bridgehead atoms. The van der Waals surface area contributed by atoms with Gasteiger partial charge >= 0.3 is 0 Å². The highest BCUT2D eigenvalue weighted by Crippen LogP contribution is 2.32. The summed E-state index contributed by atoms with van der Waals surface area (Å²) >= 11 is 8.10. The molecule has 1 saturated heterocycles. The molecule has 36 heavy (non-hydrogen) atoms. The predicted octanol–water partition coefficient (Wildman–Crippen LogP) is 3.53. The standard InChI is InChI=1S/C22H26ClN3O6S4/c1-3-32-13-12-25-16-8-7-15(35(2,28)29)14-18(16)33-22(25)24-21(27)17-6-4-5-11-26(17)36(30,31)20-10-9-19(23)34-20/h7-10,14,17H,3-6,11-13H2,1-2H3. The molecule has 1 fully saturated rings. The SMILES string of the molecule is CCOCCn1c(=NC(=O)C2CCCCN2S(=O)(=O)c2ccc(Cl)s2)sc2cc(S(C)(=O)=O)ccc21. The van der Waals surface area contributed by atoms with E-state index in [9.17, 15) is 21.6 Å². The van der Waals surface area contributed by atoms with E-state index in [1.807, 2.05) is 6.92 Å². The van der Waals surface area contributed by atoms with Gasteiger partial charge in [-0.25, -0.2) is 16.8 Å². The van der Waals surface area contributed by atoms with Crippen LogP contribution in [0.15, 0.2) is 44.4 Å². The Balaban J connectivity index is 1.76. The van der Waals surface area contributed by atoms with Crippen molar-refractivity contribution in [2.24, 2.45) is 4.99 Å². The van der Waals surface area contributed by atoms with Gasteiger partial charge in [-0.1, -0.05) is 29.4 Å². The summed E-state index contributed by atoms with van der Waals surface area (Å²) in [6.07, 6.45) is 2.85. The van der Waals surface area contributed by atoms with Crippen LogP contribution in [0.25, 0.3) is 10.2 Å². The number of piperidine rings is 1. The van der Waals surface area contributed by atoms with Gasteiger partial charge in [0.2, 0.25) is 0 Å². The van der Waals surface area contributed by atoms with E-state index in [0.29, 0.717) is 52.9 Å². The summed E-state index contributed by atoms with van der Waals surface area (Å²) in [7, 11) is -7.32. The van der Waals surface area contributed by atoms with Crippen molar-refractivity contribution in [3.8, 4) is 0 Å². The van der Waals surface area contributed by atoms with E-state index < -0.39 is 31.8 Å². The number of aromatic nitrogens is 1. The molecule has 0 saturated carbocycles. The van der Waals surface area contributed by atoms with Crippen LogP contribution in [0.3, 0.4) is 0 Å². The van der Waals surface area contributed by atoms with Crippen molar-refractivity contribution in [2.75, 3.05) is 26.0 Å². The van der Waals surface area contributed by atoms with Crippen molar-refractivity contribution in [3.63, 3.8) is 0 Å². The third-order valence-electron chi connectivity index (χ3n) is 5.80. The largest absolute Gasteiger partial charge is 0.380 e. The second-order valence-electron chi connectivity index (χ2n) is 8.27. The average molecular weight is 592 g/mol. The molecule has 14 heteroatoms. The van der Waals surface area contributed by atoms with Crippen LogP contribution >= 0.6 is 34.3 Å². The monoisotopic (exact) mass is 591 g/mol. The molecule has 1 atom stereocenters. The van der Waals surface area contributed by atoms with Gasteiger partial charge in [-0.05, 0) is 50.1 Å². The smallest absolute Gasteiger partial charge is 0.266 e. The van der Waals surface area contributed by atoms with E-state index >= 15 is 0 Å². The minimum absolute atomic E-state index is 0.0918. The van der Waals surface area contributed by atoms with Crippen molar-refractivity contribution in [3.05, 3.63) is 39.5 Å². The lowest BCUT2D eigenvalue weighted by Crippen LogP contribution is -2.47. The second kappa shape index (κ2) is 11.0. The van der Waals surface area contributed by atoms with Crippen LogP contribution < -0.4 is 4.80 Å². The number of rotatable bonds is 8. The van der Waals surface area contributed by atoms with Gasteiger partial charge in [-0.2, -0.15) is 9.30 Å². The molecule has 1 amide bonds. The highest BCUT2D eigenvalue weighted by Gasteiger charge is 2.38. The van der Waals surface area contributed by atoms with Crippen molar-refractivity contribution in [1.29, 1.82) is 0 Å². The third kappa shape index (κ3) is 5.77. The molecule has 9 nitrogen and oxygen atoms in total. The Morgan fingerprint density at radius 1 is 1.17 bits per heavy atom. The lowest BCUT2D eigenvalue weighted by atomic mass is 10.0. The minimum atomic E-state index is -3.91. The minimum Gasteiger partial charge on any atom is -0.380 e. The van der Waals surface area contributed by atoms with Crippen molar-refractivity contribution in [2.45, 2.75) is 47.9 Å². The van der Waals surface area contributed by atoms with Gasteiger partial charge in [0.15, 0.2) is 14.6 Å². The molecular weight excluding hydrogens is 566 g/mol. The lowest BCUT2D eigenvalue weighted by molar-refractivity contribution is -0.122.